The summed E-state index contributed by atoms with van der Waals surface area (Å²) in [4.78, 5) is 31.2. The molecule has 0 atom stereocenters. The highest BCUT2D eigenvalue weighted by atomic mass is 32.2. The molecule has 1 aromatic carbocycles. The number of ether oxygens (including phenoxy) is 1. The van der Waals surface area contributed by atoms with Gasteiger partial charge in [0.2, 0.25) is 10.0 Å². The molecule has 2 aromatic heterocycles. The molecule has 0 unspecified atom stereocenters. The molecule has 14 nitrogen and oxygen atoms in total. The molecule has 4 rings (SSSR count). The topological polar surface area (TPSA) is 179 Å². The first kappa shape index (κ1) is 31.0. The number of nitrogens with one attached hydrogen (secondary N) is 1. The van der Waals surface area contributed by atoms with Crippen LogP contribution in [0.15, 0.2) is 33.0 Å². The lowest BCUT2D eigenvalue weighted by atomic mass is 9.95. The van der Waals surface area contributed by atoms with Gasteiger partial charge in [-0.2, -0.15) is 9.14 Å². The Morgan fingerprint density at radius 2 is 1.95 bits per heavy atom. The molecule has 15 heteroatoms. The third-order valence-corrected chi connectivity index (χ3v) is 9.36. The van der Waals surface area contributed by atoms with Gasteiger partial charge in [0, 0.05) is 18.7 Å². The molecular formula is C27H37N6O8S+. The van der Waals surface area contributed by atoms with Gasteiger partial charge in [-0.25, -0.2) is 18.1 Å². The Hall–Kier alpha value is -3.98. The minimum atomic E-state index is -3.89. The number of benzene rings is 1. The molecule has 0 bridgehead atoms. The standard InChI is InChI=1S/C27H36N6O8S/c1-4-6-23-22(17-28-35)18(3)25-27(34)29-26(30-32(23)25)21-16-20(7-8-24(21)40-14-5-2)42(38,39)31-12-9-19(10-13-31)11-15-41-33(36)37/h7-8,16-17,19H,4-6,9-15H2,1-3H3,(H2-,29,30,34,35,36,37)/p+1/b28-17+. The number of rotatable bonds is 13. The maximum atomic E-state index is 13.7. The molecule has 228 valence electrons. The van der Waals surface area contributed by atoms with Crippen LogP contribution >= 0.6 is 0 Å². The number of fused-ring (bicyclic) bond motifs is 1. The molecule has 42 heavy (non-hydrogen) atoms. The average molecular weight is 606 g/mol. The van der Waals surface area contributed by atoms with Crippen LogP contribution in [-0.2, 0) is 21.3 Å². The predicted octanol–water partition coefficient (Wildman–Crippen LogP) is 3.44. The molecule has 0 spiro atoms. The summed E-state index contributed by atoms with van der Waals surface area (Å²) in [5, 5.41) is 25.1. The van der Waals surface area contributed by atoms with E-state index >= 15 is 0 Å². The number of aromatic nitrogens is 3. The predicted molar refractivity (Wildman–Crippen MR) is 153 cm³/mol. The normalized spacial score (nSPS) is 15.0. The molecule has 1 aliphatic rings. The Morgan fingerprint density at radius 3 is 2.60 bits per heavy atom. The quantitative estimate of drug-likeness (QED) is 0.149. The number of hydrogen-bond donors (Lipinski definition) is 3. The van der Waals surface area contributed by atoms with Crippen molar-refractivity contribution in [1.82, 2.24) is 18.9 Å². The van der Waals surface area contributed by atoms with Gasteiger partial charge in [-0.15, -0.1) is 5.10 Å². The Bertz CT molecular complexity index is 1620. The first-order chi connectivity index (χ1) is 20.1. The summed E-state index contributed by atoms with van der Waals surface area (Å²) in [6.07, 6.45) is 5.01. The summed E-state index contributed by atoms with van der Waals surface area (Å²) in [7, 11) is -3.89. The van der Waals surface area contributed by atoms with Gasteiger partial charge in [-0.3, -0.25) is 4.79 Å². The summed E-state index contributed by atoms with van der Waals surface area (Å²) in [6, 6.07) is 4.54. The number of piperidine rings is 1. The zero-order chi connectivity index (χ0) is 30.4. The summed E-state index contributed by atoms with van der Waals surface area (Å²) >= 11 is 0. The van der Waals surface area contributed by atoms with Crippen molar-refractivity contribution in [3.05, 3.63) is 50.3 Å². The summed E-state index contributed by atoms with van der Waals surface area (Å²) in [5.74, 6) is 0.678. The van der Waals surface area contributed by atoms with Gasteiger partial charge < -0.3 is 14.9 Å². The van der Waals surface area contributed by atoms with Crippen molar-refractivity contribution >= 4 is 21.8 Å². The van der Waals surface area contributed by atoms with Crippen LogP contribution in [0, 0.1) is 17.7 Å². The van der Waals surface area contributed by atoms with E-state index in [4.69, 9.17) is 15.0 Å². The van der Waals surface area contributed by atoms with E-state index in [1.54, 1.807) is 13.0 Å². The molecule has 0 aliphatic carbocycles. The SMILES string of the molecule is CCCOc1ccc(S(=O)(=O)N2CCC(CCO[N+](=O)O)CC2)cc1-c1nn2c(CCC)c(/C=N/O)c(C)c2c(=O)[nH]1. The average Bonchev–Trinajstić information content (AvgIpc) is 3.23. The van der Waals surface area contributed by atoms with E-state index < -0.39 is 20.7 Å². The van der Waals surface area contributed by atoms with Gasteiger partial charge in [0.05, 0.1) is 29.0 Å². The highest BCUT2D eigenvalue weighted by Crippen LogP contribution is 2.33. The van der Waals surface area contributed by atoms with Crippen molar-refractivity contribution in [2.24, 2.45) is 11.1 Å². The molecule has 3 aromatic rings. The van der Waals surface area contributed by atoms with Crippen LogP contribution < -0.4 is 10.3 Å². The first-order valence-corrected chi connectivity index (χ1v) is 15.4. The number of hydrogen-bond acceptors (Lipinski definition) is 9. The Labute approximate surface area is 243 Å². The number of H-pyrrole nitrogens is 1. The Morgan fingerprint density at radius 1 is 1.21 bits per heavy atom. The van der Waals surface area contributed by atoms with Crippen LogP contribution in [0.5, 0.6) is 5.75 Å². The number of aromatic amines is 1. The second-order valence-electron chi connectivity index (χ2n) is 10.3. The van der Waals surface area contributed by atoms with E-state index in [2.05, 4.69) is 15.0 Å². The number of sulfonamides is 1. The van der Waals surface area contributed by atoms with E-state index in [0.717, 1.165) is 12.8 Å². The maximum Gasteiger partial charge on any atom is 0.475 e. The number of nitrogens with zero attached hydrogens (tertiary/aromatic N) is 5. The zero-order valence-corrected chi connectivity index (χ0v) is 24.8. The van der Waals surface area contributed by atoms with E-state index in [0.29, 0.717) is 65.9 Å². The third-order valence-electron chi connectivity index (χ3n) is 7.47. The van der Waals surface area contributed by atoms with E-state index in [-0.39, 0.29) is 36.3 Å². The fourth-order valence-corrected chi connectivity index (χ4v) is 6.82. The van der Waals surface area contributed by atoms with Crippen LogP contribution in [0.3, 0.4) is 0 Å². The molecule has 0 amide bonds. The van der Waals surface area contributed by atoms with E-state index in [1.807, 2.05) is 13.8 Å². The second kappa shape index (κ2) is 13.3. The highest BCUT2D eigenvalue weighted by Gasteiger charge is 2.31. The summed E-state index contributed by atoms with van der Waals surface area (Å²) in [6.45, 7) is 6.69. The smallest absolute Gasteiger partial charge is 0.475 e. The van der Waals surface area contributed by atoms with Crippen molar-refractivity contribution in [3.63, 3.8) is 0 Å². The van der Waals surface area contributed by atoms with Gasteiger partial charge in [-0.1, -0.05) is 25.4 Å². The van der Waals surface area contributed by atoms with Crippen molar-refractivity contribution in [1.29, 1.82) is 0 Å². The minimum Gasteiger partial charge on any atom is -0.493 e. The van der Waals surface area contributed by atoms with Crippen molar-refractivity contribution in [2.45, 2.75) is 64.2 Å². The van der Waals surface area contributed by atoms with Crippen LogP contribution in [0.1, 0.15) is 62.8 Å². The van der Waals surface area contributed by atoms with Crippen molar-refractivity contribution < 1.29 is 33.5 Å². The molecule has 1 fully saturated rings. The summed E-state index contributed by atoms with van der Waals surface area (Å²) in [5.41, 5.74) is 2.14. The Balaban J connectivity index is 1.73. The van der Waals surface area contributed by atoms with E-state index in [9.17, 15) is 23.3 Å². The summed E-state index contributed by atoms with van der Waals surface area (Å²) < 4.78 is 36.3. The molecule has 3 N–H and O–H groups in total. The minimum absolute atomic E-state index is 0.0405. The van der Waals surface area contributed by atoms with Crippen LogP contribution in [0.25, 0.3) is 16.9 Å². The van der Waals surface area contributed by atoms with E-state index in [1.165, 1.54) is 27.2 Å². The zero-order valence-electron chi connectivity index (χ0n) is 23.9. The molecule has 1 aliphatic heterocycles. The molecule has 3 heterocycles. The third kappa shape index (κ3) is 6.41. The highest BCUT2D eigenvalue weighted by molar-refractivity contribution is 7.89. The van der Waals surface area contributed by atoms with Crippen molar-refractivity contribution in [2.75, 3.05) is 26.3 Å². The maximum absolute atomic E-state index is 13.7. The van der Waals surface area contributed by atoms with Gasteiger partial charge in [0.25, 0.3) is 5.56 Å². The van der Waals surface area contributed by atoms with Crippen molar-refractivity contribution in [3.8, 4) is 17.1 Å². The molecule has 1 saturated heterocycles. The Kier molecular flexibility index (Phi) is 9.83. The second-order valence-corrected chi connectivity index (χ2v) is 12.2. The lowest BCUT2D eigenvalue weighted by molar-refractivity contribution is -0.975. The lowest BCUT2D eigenvalue weighted by Gasteiger charge is -2.31. The number of aryl methyl sites for hydroxylation is 2. The van der Waals surface area contributed by atoms with Crippen LogP contribution in [-0.4, -0.2) is 75.3 Å². The fraction of sp³-hybridized carbons (Fsp3) is 0.519. The van der Waals surface area contributed by atoms with Gasteiger partial charge in [-0.05, 0) is 68.7 Å². The molecule has 0 saturated carbocycles. The van der Waals surface area contributed by atoms with Gasteiger partial charge >= 0.3 is 5.09 Å². The van der Waals surface area contributed by atoms with Crippen LogP contribution in [0.2, 0.25) is 0 Å². The fourth-order valence-electron chi connectivity index (χ4n) is 5.33. The number of oxime groups is 1. The molecule has 0 radical (unpaired) electrons. The van der Waals surface area contributed by atoms with Crippen LogP contribution in [0.4, 0.5) is 0 Å². The lowest BCUT2D eigenvalue weighted by Crippen LogP contribution is -2.38. The van der Waals surface area contributed by atoms with Gasteiger partial charge in [0.15, 0.2) is 12.4 Å². The van der Waals surface area contributed by atoms with Gasteiger partial charge in [0.1, 0.15) is 16.2 Å². The first-order valence-electron chi connectivity index (χ1n) is 14.0. The monoisotopic (exact) mass is 605 g/mol. The largest absolute Gasteiger partial charge is 0.493 e. The molecular weight excluding hydrogens is 568 g/mol.